The van der Waals surface area contributed by atoms with E-state index in [2.05, 4.69) is 39.1 Å². The van der Waals surface area contributed by atoms with Crippen LogP contribution >= 0.6 is 0 Å². The molecule has 0 bridgehead atoms. The van der Waals surface area contributed by atoms with Gasteiger partial charge in [0.15, 0.2) is 0 Å². The molecule has 1 atom stereocenters. The molecule has 0 spiro atoms. The maximum Gasteiger partial charge on any atom is 0.109 e. The van der Waals surface area contributed by atoms with Gasteiger partial charge in [-0.05, 0) is 61.7 Å². The number of aliphatic hydroxyl groups excluding tert-OH is 1. The van der Waals surface area contributed by atoms with Gasteiger partial charge in [-0.25, -0.2) is 0 Å². The first-order valence-corrected chi connectivity index (χ1v) is 8.68. The molecule has 4 rings (SSSR count). The summed E-state index contributed by atoms with van der Waals surface area (Å²) in [6.45, 7) is 2.71. The number of rotatable bonds is 4. The third kappa shape index (κ3) is 3.07. The minimum absolute atomic E-state index is 0.504. The Kier molecular flexibility index (Phi) is 4.32. The molecule has 3 heterocycles. The smallest absolute Gasteiger partial charge is 0.109 e. The van der Waals surface area contributed by atoms with Gasteiger partial charge in [-0.1, -0.05) is 18.2 Å². The minimum Gasteiger partial charge on any atom is -0.385 e. The van der Waals surface area contributed by atoms with Crippen LogP contribution in [0.25, 0.3) is 10.9 Å². The highest BCUT2D eigenvalue weighted by Crippen LogP contribution is 2.33. The number of aromatic amines is 1. The highest BCUT2D eigenvalue weighted by molar-refractivity contribution is 5.83. The summed E-state index contributed by atoms with van der Waals surface area (Å²) in [5.41, 5.74) is 3.44. The van der Waals surface area contributed by atoms with Crippen molar-refractivity contribution in [3.63, 3.8) is 0 Å². The minimum atomic E-state index is -0.504. The average molecular weight is 321 g/mol. The van der Waals surface area contributed by atoms with E-state index < -0.39 is 6.10 Å². The van der Waals surface area contributed by atoms with Gasteiger partial charge in [-0.2, -0.15) is 0 Å². The third-order valence-corrected chi connectivity index (χ3v) is 5.12. The lowest BCUT2D eigenvalue weighted by Gasteiger charge is -2.33. The summed E-state index contributed by atoms with van der Waals surface area (Å²) in [5, 5.41) is 11.7. The topological polar surface area (TPSA) is 52.1 Å². The van der Waals surface area contributed by atoms with E-state index in [4.69, 9.17) is 0 Å². The second kappa shape index (κ2) is 6.75. The highest BCUT2D eigenvalue weighted by Gasteiger charge is 2.24. The van der Waals surface area contributed by atoms with Crippen molar-refractivity contribution in [2.45, 2.75) is 24.9 Å². The van der Waals surface area contributed by atoms with Crippen LogP contribution in [0, 0.1) is 0 Å². The van der Waals surface area contributed by atoms with E-state index in [9.17, 15) is 5.11 Å². The maximum absolute atomic E-state index is 10.4. The number of nitrogens with one attached hydrogen (secondary N) is 1. The number of hydrogen-bond donors (Lipinski definition) is 2. The number of aromatic nitrogens is 2. The Balaban J connectivity index is 1.39. The molecule has 1 unspecified atom stereocenters. The SMILES string of the molecule is OC(CN1CCC(c2cccc3[nH]ccc23)CC1)c1ccccn1. The van der Waals surface area contributed by atoms with E-state index in [0.29, 0.717) is 12.5 Å². The van der Waals surface area contributed by atoms with E-state index in [1.807, 2.05) is 24.4 Å². The summed E-state index contributed by atoms with van der Waals surface area (Å²) in [5.74, 6) is 0.604. The number of pyridine rings is 1. The molecule has 1 aromatic carbocycles. The molecule has 4 heteroatoms. The van der Waals surface area contributed by atoms with Crippen molar-refractivity contribution in [2.75, 3.05) is 19.6 Å². The Labute approximate surface area is 142 Å². The van der Waals surface area contributed by atoms with Crippen LogP contribution in [0.1, 0.15) is 36.1 Å². The predicted molar refractivity (Wildman–Crippen MR) is 95.9 cm³/mol. The zero-order valence-corrected chi connectivity index (χ0v) is 13.7. The van der Waals surface area contributed by atoms with Gasteiger partial charge >= 0.3 is 0 Å². The van der Waals surface area contributed by atoms with E-state index >= 15 is 0 Å². The van der Waals surface area contributed by atoms with Gasteiger partial charge in [-0.15, -0.1) is 0 Å². The molecule has 0 radical (unpaired) electrons. The number of piperidine rings is 1. The zero-order valence-electron chi connectivity index (χ0n) is 13.7. The molecule has 2 N–H and O–H groups in total. The van der Waals surface area contributed by atoms with Crippen LogP contribution in [0.3, 0.4) is 0 Å². The van der Waals surface area contributed by atoms with Gasteiger partial charge in [0.05, 0.1) is 5.69 Å². The third-order valence-electron chi connectivity index (χ3n) is 5.12. The van der Waals surface area contributed by atoms with Crippen LogP contribution < -0.4 is 0 Å². The molecule has 0 aliphatic carbocycles. The van der Waals surface area contributed by atoms with Crippen LogP contribution in [-0.2, 0) is 0 Å². The van der Waals surface area contributed by atoms with Crippen LogP contribution in [-0.4, -0.2) is 39.6 Å². The molecule has 24 heavy (non-hydrogen) atoms. The van der Waals surface area contributed by atoms with E-state index in [-0.39, 0.29) is 0 Å². The number of benzene rings is 1. The predicted octanol–water partition coefficient (Wildman–Crippen LogP) is 3.48. The molecule has 3 aromatic rings. The van der Waals surface area contributed by atoms with Crippen LogP contribution in [0.4, 0.5) is 0 Å². The fourth-order valence-corrected chi connectivity index (χ4v) is 3.80. The number of β-amino-alcohol motifs (C(OH)–C–C–N with tert-alkyl or cyclic N) is 1. The monoisotopic (exact) mass is 321 g/mol. The molecule has 4 nitrogen and oxygen atoms in total. The average Bonchev–Trinajstić information content (AvgIpc) is 3.12. The van der Waals surface area contributed by atoms with Crippen LogP contribution in [0.5, 0.6) is 0 Å². The van der Waals surface area contributed by atoms with Gasteiger partial charge in [0, 0.05) is 29.8 Å². The normalized spacial score (nSPS) is 18.0. The van der Waals surface area contributed by atoms with Crippen LogP contribution in [0.2, 0.25) is 0 Å². The fourth-order valence-electron chi connectivity index (χ4n) is 3.80. The first-order chi connectivity index (χ1) is 11.8. The molecule has 1 aliphatic heterocycles. The van der Waals surface area contributed by atoms with E-state index in [1.54, 1.807) is 6.20 Å². The standard InChI is InChI=1S/C20H23N3O/c24-20(19-5-1-2-10-21-19)14-23-12-8-15(9-13-23)16-4-3-6-18-17(16)7-11-22-18/h1-7,10-11,15,20,22,24H,8-9,12-14H2. The number of fused-ring (bicyclic) bond motifs is 1. The Hall–Kier alpha value is -2.17. The Morgan fingerprint density at radius 1 is 1.12 bits per heavy atom. The molecular formula is C20H23N3O. The summed E-state index contributed by atoms with van der Waals surface area (Å²) in [6.07, 6.45) is 5.53. The Morgan fingerprint density at radius 3 is 2.79 bits per heavy atom. The second-order valence-electron chi connectivity index (χ2n) is 6.63. The van der Waals surface area contributed by atoms with Crippen molar-refractivity contribution in [1.29, 1.82) is 0 Å². The van der Waals surface area contributed by atoms with Crippen molar-refractivity contribution in [2.24, 2.45) is 0 Å². The highest BCUT2D eigenvalue weighted by atomic mass is 16.3. The first kappa shape index (κ1) is 15.4. The van der Waals surface area contributed by atoms with Crippen molar-refractivity contribution in [3.8, 4) is 0 Å². The van der Waals surface area contributed by atoms with Crippen molar-refractivity contribution >= 4 is 10.9 Å². The van der Waals surface area contributed by atoms with E-state index in [1.165, 1.54) is 16.5 Å². The zero-order chi connectivity index (χ0) is 16.4. The number of aliphatic hydroxyl groups is 1. The summed E-state index contributed by atoms with van der Waals surface area (Å²) >= 11 is 0. The molecular weight excluding hydrogens is 298 g/mol. The molecule has 1 aliphatic rings. The number of nitrogens with zero attached hydrogens (tertiary/aromatic N) is 2. The van der Waals surface area contributed by atoms with E-state index in [0.717, 1.165) is 31.6 Å². The van der Waals surface area contributed by atoms with Gasteiger partial charge in [0.25, 0.3) is 0 Å². The molecule has 1 saturated heterocycles. The van der Waals surface area contributed by atoms with Gasteiger partial charge < -0.3 is 15.0 Å². The Morgan fingerprint density at radius 2 is 2.00 bits per heavy atom. The first-order valence-electron chi connectivity index (χ1n) is 8.68. The fraction of sp³-hybridized carbons (Fsp3) is 0.350. The summed E-state index contributed by atoms with van der Waals surface area (Å²) in [6, 6.07) is 14.4. The molecule has 1 fully saturated rings. The lowest BCUT2D eigenvalue weighted by Crippen LogP contribution is -2.36. The van der Waals surface area contributed by atoms with Crippen molar-refractivity contribution < 1.29 is 5.11 Å². The van der Waals surface area contributed by atoms with Gasteiger partial charge in [0.2, 0.25) is 0 Å². The van der Waals surface area contributed by atoms with Crippen molar-refractivity contribution in [3.05, 3.63) is 66.1 Å². The van der Waals surface area contributed by atoms with Gasteiger partial charge in [-0.3, -0.25) is 4.98 Å². The van der Waals surface area contributed by atoms with Crippen molar-refractivity contribution in [1.82, 2.24) is 14.9 Å². The lowest BCUT2D eigenvalue weighted by molar-refractivity contribution is 0.0945. The molecule has 0 amide bonds. The molecule has 124 valence electrons. The molecule has 2 aromatic heterocycles. The summed E-state index contributed by atoms with van der Waals surface area (Å²) < 4.78 is 0. The van der Waals surface area contributed by atoms with Crippen LogP contribution in [0.15, 0.2) is 54.9 Å². The number of likely N-dealkylation sites (tertiary alicyclic amines) is 1. The second-order valence-corrected chi connectivity index (χ2v) is 6.63. The number of H-pyrrole nitrogens is 1. The maximum atomic E-state index is 10.4. The largest absolute Gasteiger partial charge is 0.385 e. The quantitative estimate of drug-likeness (QED) is 0.773. The number of hydrogen-bond acceptors (Lipinski definition) is 3. The van der Waals surface area contributed by atoms with Gasteiger partial charge in [0.1, 0.15) is 6.10 Å². The molecule has 0 saturated carbocycles. The lowest BCUT2D eigenvalue weighted by atomic mass is 9.87. The summed E-state index contributed by atoms with van der Waals surface area (Å²) in [4.78, 5) is 9.91. The summed E-state index contributed by atoms with van der Waals surface area (Å²) in [7, 11) is 0. The Bertz CT molecular complexity index is 791.